The molecule has 0 spiro atoms. The van der Waals surface area contributed by atoms with Crippen LogP contribution in [0.3, 0.4) is 0 Å². The highest BCUT2D eigenvalue weighted by Gasteiger charge is 2.31. The lowest BCUT2D eigenvalue weighted by molar-refractivity contribution is -0.142. The molecule has 0 aromatic carbocycles. The third-order valence-corrected chi connectivity index (χ3v) is 5.20. The largest absolute Gasteiger partial charge is 0.381 e. The van der Waals surface area contributed by atoms with Gasteiger partial charge in [-0.3, -0.25) is 9.79 Å². The number of amides is 1. The number of hydrogen-bond acceptors (Lipinski definition) is 4. The molecular weight excluding hydrogens is 308 g/mol. The summed E-state index contributed by atoms with van der Waals surface area (Å²) in [7, 11) is 1.83. The third kappa shape index (κ3) is 4.39. The first-order chi connectivity index (χ1) is 11.8. The third-order valence-electron chi connectivity index (χ3n) is 5.20. The Labute approximate surface area is 144 Å². The number of guanidine groups is 1. The number of carbonyl (C=O) groups excluding carboxylic acids is 1. The summed E-state index contributed by atoms with van der Waals surface area (Å²) in [4.78, 5) is 21.0. The Bertz CT molecular complexity index is 437. The van der Waals surface area contributed by atoms with Gasteiger partial charge in [-0.15, -0.1) is 0 Å². The van der Waals surface area contributed by atoms with Crippen molar-refractivity contribution in [3.8, 4) is 0 Å². The SMILES string of the molecule is CN=C(NCC1CCOCC1)N1CCN(C(=O)C2CCCO2)CC1. The quantitative estimate of drug-likeness (QED) is 0.593. The Kier molecular flexibility index (Phi) is 6.31. The molecule has 0 aromatic rings. The molecule has 0 aliphatic carbocycles. The Morgan fingerprint density at radius 2 is 1.79 bits per heavy atom. The second-order valence-corrected chi connectivity index (χ2v) is 6.80. The smallest absolute Gasteiger partial charge is 0.251 e. The fraction of sp³-hybridized carbons (Fsp3) is 0.882. The number of nitrogens with zero attached hydrogens (tertiary/aromatic N) is 3. The van der Waals surface area contributed by atoms with E-state index in [1.54, 1.807) is 0 Å². The van der Waals surface area contributed by atoms with E-state index in [1.807, 2.05) is 11.9 Å². The maximum Gasteiger partial charge on any atom is 0.251 e. The first-order valence-corrected chi connectivity index (χ1v) is 9.21. The second-order valence-electron chi connectivity index (χ2n) is 6.80. The fourth-order valence-corrected chi connectivity index (χ4v) is 3.63. The highest BCUT2D eigenvalue weighted by atomic mass is 16.5. The predicted octanol–water partition coefficient (Wildman–Crippen LogP) is 0.312. The van der Waals surface area contributed by atoms with Crippen molar-refractivity contribution in [3.63, 3.8) is 0 Å². The molecule has 3 fully saturated rings. The van der Waals surface area contributed by atoms with Crippen molar-refractivity contribution in [1.29, 1.82) is 0 Å². The molecule has 0 saturated carbocycles. The summed E-state index contributed by atoms with van der Waals surface area (Å²) in [5.74, 6) is 1.78. The number of carbonyl (C=O) groups is 1. The van der Waals surface area contributed by atoms with Crippen LogP contribution < -0.4 is 5.32 Å². The zero-order valence-corrected chi connectivity index (χ0v) is 14.7. The van der Waals surface area contributed by atoms with E-state index in [-0.39, 0.29) is 12.0 Å². The van der Waals surface area contributed by atoms with E-state index in [0.717, 1.165) is 84.2 Å². The number of rotatable bonds is 3. The summed E-state index contributed by atoms with van der Waals surface area (Å²) in [6, 6.07) is 0. The molecule has 136 valence electrons. The Hall–Kier alpha value is -1.34. The molecule has 3 aliphatic rings. The van der Waals surface area contributed by atoms with E-state index in [4.69, 9.17) is 9.47 Å². The van der Waals surface area contributed by atoms with Crippen LogP contribution in [0.4, 0.5) is 0 Å². The van der Waals surface area contributed by atoms with Crippen molar-refractivity contribution in [2.45, 2.75) is 31.8 Å². The van der Waals surface area contributed by atoms with Gasteiger partial charge in [-0.25, -0.2) is 0 Å². The molecule has 3 rings (SSSR count). The summed E-state index contributed by atoms with van der Waals surface area (Å²) in [5, 5.41) is 3.50. The van der Waals surface area contributed by atoms with Crippen molar-refractivity contribution in [2.75, 3.05) is 59.6 Å². The molecule has 1 N–H and O–H groups in total. The first-order valence-electron chi connectivity index (χ1n) is 9.21. The number of ether oxygens (including phenoxy) is 2. The van der Waals surface area contributed by atoms with Crippen LogP contribution in [0, 0.1) is 5.92 Å². The van der Waals surface area contributed by atoms with E-state index < -0.39 is 0 Å². The van der Waals surface area contributed by atoms with Gasteiger partial charge < -0.3 is 24.6 Å². The molecule has 3 heterocycles. The van der Waals surface area contributed by atoms with Crippen LogP contribution in [0.5, 0.6) is 0 Å². The summed E-state index contributed by atoms with van der Waals surface area (Å²) in [5.41, 5.74) is 0. The molecule has 0 aromatic heterocycles. The van der Waals surface area contributed by atoms with Crippen molar-refractivity contribution in [2.24, 2.45) is 10.9 Å². The summed E-state index contributed by atoms with van der Waals surface area (Å²) < 4.78 is 10.9. The minimum Gasteiger partial charge on any atom is -0.381 e. The van der Waals surface area contributed by atoms with Gasteiger partial charge in [0.25, 0.3) is 5.91 Å². The molecule has 0 bridgehead atoms. The molecule has 0 radical (unpaired) electrons. The minimum absolute atomic E-state index is 0.164. The predicted molar refractivity (Wildman–Crippen MR) is 92.0 cm³/mol. The zero-order valence-electron chi connectivity index (χ0n) is 14.7. The van der Waals surface area contributed by atoms with Crippen LogP contribution in [0.25, 0.3) is 0 Å². The Balaban J connectivity index is 1.43. The highest BCUT2D eigenvalue weighted by molar-refractivity contribution is 5.82. The molecule has 3 aliphatic heterocycles. The Morgan fingerprint density at radius 3 is 2.42 bits per heavy atom. The monoisotopic (exact) mass is 338 g/mol. The molecule has 1 amide bonds. The minimum atomic E-state index is -0.206. The lowest BCUT2D eigenvalue weighted by Gasteiger charge is -2.37. The van der Waals surface area contributed by atoms with Gasteiger partial charge in [0.05, 0.1) is 0 Å². The van der Waals surface area contributed by atoms with Gasteiger partial charge in [0, 0.05) is 59.6 Å². The number of nitrogens with one attached hydrogen (secondary N) is 1. The molecule has 7 nitrogen and oxygen atoms in total. The standard InChI is InChI=1S/C17H30N4O3/c1-18-17(19-13-14-4-11-23-12-5-14)21-8-6-20(7-9-21)16(22)15-3-2-10-24-15/h14-15H,2-13H2,1H3,(H,18,19). The van der Waals surface area contributed by atoms with Crippen LogP contribution in [0.2, 0.25) is 0 Å². The molecule has 3 saturated heterocycles. The van der Waals surface area contributed by atoms with Crippen molar-refractivity contribution >= 4 is 11.9 Å². The zero-order chi connectivity index (χ0) is 16.8. The van der Waals surface area contributed by atoms with Gasteiger partial charge in [-0.1, -0.05) is 0 Å². The maximum atomic E-state index is 12.4. The Morgan fingerprint density at radius 1 is 1.08 bits per heavy atom. The summed E-state index contributed by atoms with van der Waals surface area (Å²) in [6.07, 6.45) is 3.90. The van der Waals surface area contributed by atoms with E-state index in [9.17, 15) is 4.79 Å². The second kappa shape index (κ2) is 8.67. The lowest BCUT2D eigenvalue weighted by atomic mass is 10.0. The number of aliphatic imine (C=N–C) groups is 1. The van der Waals surface area contributed by atoms with Crippen LogP contribution in [0.1, 0.15) is 25.7 Å². The molecule has 1 unspecified atom stereocenters. The van der Waals surface area contributed by atoms with E-state index in [0.29, 0.717) is 5.92 Å². The van der Waals surface area contributed by atoms with Gasteiger partial charge in [0.1, 0.15) is 6.10 Å². The van der Waals surface area contributed by atoms with Crippen molar-refractivity contribution < 1.29 is 14.3 Å². The van der Waals surface area contributed by atoms with Gasteiger partial charge in [0.2, 0.25) is 0 Å². The average Bonchev–Trinajstić information content (AvgIpc) is 3.18. The molecule has 7 heteroatoms. The topological polar surface area (TPSA) is 66.4 Å². The van der Waals surface area contributed by atoms with Gasteiger partial charge >= 0.3 is 0 Å². The van der Waals surface area contributed by atoms with Crippen LogP contribution >= 0.6 is 0 Å². The first kappa shape index (κ1) is 17.5. The van der Waals surface area contributed by atoms with Crippen molar-refractivity contribution in [1.82, 2.24) is 15.1 Å². The molecular formula is C17H30N4O3. The number of hydrogen-bond donors (Lipinski definition) is 1. The molecule has 24 heavy (non-hydrogen) atoms. The molecule has 1 atom stereocenters. The highest BCUT2D eigenvalue weighted by Crippen LogP contribution is 2.16. The maximum absolute atomic E-state index is 12.4. The van der Waals surface area contributed by atoms with E-state index in [1.165, 1.54) is 0 Å². The summed E-state index contributed by atoms with van der Waals surface area (Å²) in [6.45, 7) is 6.55. The van der Waals surface area contributed by atoms with Crippen LogP contribution in [0.15, 0.2) is 4.99 Å². The summed E-state index contributed by atoms with van der Waals surface area (Å²) >= 11 is 0. The van der Waals surface area contributed by atoms with Crippen LogP contribution in [-0.2, 0) is 14.3 Å². The lowest BCUT2D eigenvalue weighted by Crippen LogP contribution is -2.55. The van der Waals surface area contributed by atoms with Crippen molar-refractivity contribution in [3.05, 3.63) is 0 Å². The van der Waals surface area contributed by atoms with Gasteiger partial charge in [0.15, 0.2) is 5.96 Å². The number of piperazine rings is 1. The van der Waals surface area contributed by atoms with E-state index in [2.05, 4.69) is 15.2 Å². The van der Waals surface area contributed by atoms with Gasteiger partial charge in [-0.2, -0.15) is 0 Å². The van der Waals surface area contributed by atoms with Crippen LogP contribution in [-0.4, -0.2) is 87.4 Å². The normalized spacial score (nSPS) is 26.7. The fourth-order valence-electron chi connectivity index (χ4n) is 3.63. The van der Waals surface area contributed by atoms with Gasteiger partial charge in [-0.05, 0) is 31.6 Å². The average molecular weight is 338 g/mol. The van der Waals surface area contributed by atoms with E-state index >= 15 is 0 Å².